The Labute approximate surface area is 224 Å². The summed E-state index contributed by atoms with van der Waals surface area (Å²) in [5.41, 5.74) is 3.84. The minimum absolute atomic E-state index is 0.853. The number of aryl methyl sites for hydroxylation is 2. The van der Waals surface area contributed by atoms with Crippen LogP contribution in [0.5, 0.6) is 0 Å². The van der Waals surface area contributed by atoms with E-state index < -0.39 is 0 Å². The van der Waals surface area contributed by atoms with Gasteiger partial charge < -0.3 is 0 Å². The minimum Gasteiger partial charge on any atom is -0.236 e. The maximum Gasteiger partial charge on any atom is 0.159 e. The Balaban J connectivity index is 1.49. The second kappa shape index (κ2) is 21.4. The lowest BCUT2D eigenvalue weighted by molar-refractivity contribution is 0.535. The van der Waals surface area contributed by atoms with Crippen molar-refractivity contribution in [3.63, 3.8) is 0 Å². The van der Waals surface area contributed by atoms with Crippen LogP contribution < -0.4 is 0 Å². The highest BCUT2D eigenvalue weighted by atomic mass is 14.9. The molecule has 0 saturated carbocycles. The Bertz CT molecular complexity index is 735. The van der Waals surface area contributed by atoms with E-state index in [1.165, 1.54) is 146 Å². The van der Waals surface area contributed by atoms with E-state index >= 15 is 0 Å². The molecule has 1 heterocycles. The molecule has 2 rings (SSSR count). The van der Waals surface area contributed by atoms with Gasteiger partial charge in [-0.2, -0.15) is 0 Å². The highest BCUT2D eigenvalue weighted by molar-refractivity contribution is 5.55. The zero-order valence-electron chi connectivity index (χ0n) is 23.9. The van der Waals surface area contributed by atoms with Gasteiger partial charge >= 0.3 is 0 Å². The zero-order valence-corrected chi connectivity index (χ0v) is 23.9. The molecule has 0 saturated heterocycles. The molecule has 0 spiro atoms. The third-order valence-electron chi connectivity index (χ3n) is 7.56. The van der Waals surface area contributed by atoms with Crippen LogP contribution in [0.4, 0.5) is 0 Å². The topological polar surface area (TPSA) is 25.8 Å². The molecule has 0 unspecified atom stereocenters. The van der Waals surface area contributed by atoms with Gasteiger partial charge in [-0.3, -0.25) is 0 Å². The smallest absolute Gasteiger partial charge is 0.159 e. The summed E-state index contributed by atoms with van der Waals surface area (Å²) in [4.78, 5) is 9.31. The zero-order chi connectivity index (χ0) is 25.5. The van der Waals surface area contributed by atoms with E-state index in [0.717, 1.165) is 17.8 Å². The summed E-state index contributed by atoms with van der Waals surface area (Å²) in [6.45, 7) is 4.57. The number of benzene rings is 1. The number of rotatable bonds is 23. The van der Waals surface area contributed by atoms with E-state index in [2.05, 4.69) is 48.1 Å². The summed E-state index contributed by atoms with van der Waals surface area (Å²) >= 11 is 0. The third kappa shape index (κ3) is 14.8. The first kappa shape index (κ1) is 30.5. The summed E-state index contributed by atoms with van der Waals surface area (Å²) in [5.74, 6) is 0.853. The first-order chi connectivity index (χ1) is 17.8. The second-order valence-electron chi connectivity index (χ2n) is 11.0. The molecule has 36 heavy (non-hydrogen) atoms. The average Bonchev–Trinajstić information content (AvgIpc) is 2.91. The number of nitrogens with zero attached hydrogens (tertiary/aromatic N) is 2. The highest BCUT2D eigenvalue weighted by Crippen LogP contribution is 2.18. The molecule has 0 aliphatic heterocycles. The van der Waals surface area contributed by atoms with Crippen LogP contribution in [-0.2, 0) is 12.8 Å². The molecule has 0 aliphatic carbocycles. The maximum absolute atomic E-state index is 4.66. The first-order valence-corrected chi connectivity index (χ1v) is 15.7. The van der Waals surface area contributed by atoms with Gasteiger partial charge in [-0.25, -0.2) is 9.97 Å². The van der Waals surface area contributed by atoms with Crippen molar-refractivity contribution in [3.05, 3.63) is 47.8 Å². The summed E-state index contributed by atoms with van der Waals surface area (Å²) in [6.07, 6.45) is 34.2. The molecule has 202 valence electrons. The average molecular weight is 493 g/mol. The van der Waals surface area contributed by atoms with E-state index in [9.17, 15) is 0 Å². The lowest BCUT2D eigenvalue weighted by Gasteiger charge is -2.06. The molecule has 1 aromatic carbocycles. The normalized spacial score (nSPS) is 11.3. The van der Waals surface area contributed by atoms with E-state index in [-0.39, 0.29) is 0 Å². The van der Waals surface area contributed by atoms with Gasteiger partial charge in [-0.1, -0.05) is 154 Å². The quantitative estimate of drug-likeness (QED) is 0.144. The number of hydrogen-bond donors (Lipinski definition) is 0. The van der Waals surface area contributed by atoms with E-state index in [0.29, 0.717) is 0 Å². The van der Waals surface area contributed by atoms with Crippen molar-refractivity contribution in [1.82, 2.24) is 9.97 Å². The third-order valence-corrected chi connectivity index (χ3v) is 7.56. The largest absolute Gasteiger partial charge is 0.236 e. The van der Waals surface area contributed by atoms with E-state index in [4.69, 9.17) is 0 Å². The fourth-order valence-electron chi connectivity index (χ4n) is 5.09. The van der Waals surface area contributed by atoms with Gasteiger partial charge in [0.2, 0.25) is 0 Å². The highest BCUT2D eigenvalue weighted by Gasteiger charge is 2.03. The SMILES string of the molecule is CCCCCCCCCCCCCCCCc1cnc(-c2ccc(CCCCCCCC)cc2)nc1. The number of hydrogen-bond acceptors (Lipinski definition) is 2. The molecular weight excluding hydrogens is 436 g/mol. The van der Waals surface area contributed by atoms with Crippen LogP contribution >= 0.6 is 0 Å². The van der Waals surface area contributed by atoms with Crippen LogP contribution in [0.3, 0.4) is 0 Å². The molecule has 0 aliphatic rings. The van der Waals surface area contributed by atoms with Crippen LogP contribution in [0.1, 0.15) is 153 Å². The molecule has 0 atom stereocenters. The Morgan fingerprint density at radius 2 is 0.778 bits per heavy atom. The number of unbranched alkanes of at least 4 members (excludes halogenated alkanes) is 18. The first-order valence-electron chi connectivity index (χ1n) is 15.7. The molecule has 2 heteroatoms. The van der Waals surface area contributed by atoms with Crippen LogP contribution in [0.15, 0.2) is 36.7 Å². The molecule has 0 bridgehead atoms. The summed E-state index contributed by atoms with van der Waals surface area (Å²) in [7, 11) is 0. The predicted octanol–water partition coefficient (Wildman–Crippen LogP) is 11.1. The molecule has 0 radical (unpaired) electrons. The van der Waals surface area contributed by atoms with Gasteiger partial charge in [0, 0.05) is 18.0 Å². The Morgan fingerprint density at radius 1 is 0.417 bits per heavy atom. The van der Waals surface area contributed by atoms with Gasteiger partial charge in [0.05, 0.1) is 0 Å². The lowest BCUT2D eigenvalue weighted by atomic mass is 10.0. The van der Waals surface area contributed by atoms with Gasteiger partial charge in [0.1, 0.15) is 0 Å². The molecular formula is C34H56N2. The standard InChI is InChI=1S/C34H56N2/c1-3-5-7-9-11-12-13-14-15-16-17-18-20-22-24-32-29-35-34(36-30-32)33-27-25-31(26-28-33)23-21-19-10-8-6-4-2/h25-30H,3-24H2,1-2H3. The van der Waals surface area contributed by atoms with Crippen molar-refractivity contribution in [2.45, 2.75) is 155 Å². The predicted molar refractivity (Wildman–Crippen MR) is 159 cm³/mol. The Kier molecular flexibility index (Phi) is 18.1. The fraction of sp³-hybridized carbons (Fsp3) is 0.706. The fourth-order valence-corrected chi connectivity index (χ4v) is 5.09. The molecule has 2 nitrogen and oxygen atoms in total. The van der Waals surface area contributed by atoms with Crippen molar-refractivity contribution in [3.8, 4) is 11.4 Å². The van der Waals surface area contributed by atoms with E-state index in [1.807, 2.05) is 12.4 Å². The molecule has 0 fully saturated rings. The van der Waals surface area contributed by atoms with Crippen LogP contribution in [0, 0.1) is 0 Å². The molecule has 0 N–H and O–H groups in total. The van der Waals surface area contributed by atoms with Crippen molar-refractivity contribution in [1.29, 1.82) is 0 Å². The van der Waals surface area contributed by atoms with Crippen molar-refractivity contribution in [2.75, 3.05) is 0 Å². The van der Waals surface area contributed by atoms with Crippen molar-refractivity contribution < 1.29 is 0 Å². The monoisotopic (exact) mass is 492 g/mol. The lowest BCUT2D eigenvalue weighted by Crippen LogP contribution is -1.94. The van der Waals surface area contributed by atoms with Crippen molar-refractivity contribution >= 4 is 0 Å². The van der Waals surface area contributed by atoms with Crippen LogP contribution in [0.25, 0.3) is 11.4 Å². The summed E-state index contributed by atoms with van der Waals surface area (Å²) in [5, 5.41) is 0. The van der Waals surface area contributed by atoms with E-state index in [1.54, 1.807) is 0 Å². The van der Waals surface area contributed by atoms with Gasteiger partial charge in [0.15, 0.2) is 5.82 Å². The molecule has 2 aromatic rings. The maximum atomic E-state index is 4.66. The van der Waals surface area contributed by atoms with Gasteiger partial charge in [-0.15, -0.1) is 0 Å². The minimum atomic E-state index is 0.853. The second-order valence-corrected chi connectivity index (χ2v) is 11.0. The summed E-state index contributed by atoms with van der Waals surface area (Å²) in [6, 6.07) is 8.89. The van der Waals surface area contributed by atoms with Gasteiger partial charge in [-0.05, 0) is 36.8 Å². The summed E-state index contributed by atoms with van der Waals surface area (Å²) < 4.78 is 0. The Morgan fingerprint density at radius 3 is 1.19 bits per heavy atom. The van der Waals surface area contributed by atoms with Gasteiger partial charge in [0.25, 0.3) is 0 Å². The van der Waals surface area contributed by atoms with Crippen molar-refractivity contribution in [2.24, 2.45) is 0 Å². The number of aromatic nitrogens is 2. The molecule has 0 amide bonds. The van der Waals surface area contributed by atoms with Crippen LogP contribution in [0.2, 0.25) is 0 Å². The molecule has 1 aromatic heterocycles. The van der Waals surface area contributed by atoms with Crippen LogP contribution in [-0.4, -0.2) is 9.97 Å². The Hall–Kier alpha value is -1.70.